The number of phenolic OH excluding ortho intramolecular Hbond substituents is 1. The maximum Gasteiger partial charge on any atom is 0.124 e. The predicted molar refractivity (Wildman–Crippen MR) is 55.6 cm³/mol. The van der Waals surface area contributed by atoms with Gasteiger partial charge in [0.1, 0.15) is 11.6 Å². The van der Waals surface area contributed by atoms with Gasteiger partial charge in [0.15, 0.2) is 0 Å². The van der Waals surface area contributed by atoms with Crippen LogP contribution in [0.4, 0.5) is 4.39 Å². The van der Waals surface area contributed by atoms with E-state index >= 15 is 0 Å². The van der Waals surface area contributed by atoms with E-state index in [1.54, 1.807) is 6.08 Å². The smallest absolute Gasteiger partial charge is 0.124 e. The molecular formula is C11H14FNO. The van der Waals surface area contributed by atoms with Crippen LogP contribution >= 0.6 is 0 Å². The summed E-state index contributed by atoms with van der Waals surface area (Å²) in [5.74, 6) is -0.233. The van der Waals surface area contributed by atoms with Crippen LogP contribution in [0, 0.1) is 5.82 Å². The summed E-state index contributed by atoms with van der Waals surface area (Å²) in [4.78, 5) is 0. The minimum atomic E-state index is -0.337. The molecule has 0 aromatic heterocycles. The van der Waals surface area contributed by atoms with Gasteiger partial charge in [0.05, 0.1) is 0 Å². The summed E-state index contributed by atoms with van der Waals surface area (Å²) in [7, 11) is 1.87. The SMILES string of the molecule is CNCCC=Cc1cc(F)ccc1O. The number of hydrogen-bond donors (Lipinski definition) is 2. The normalized spacial score (nSPS) is 11.0. The number of nitrogens with one attached hydrogen (secondary N) is 1. The number of hydrogen-bond acceptors (Lipinski definition) is 2. The Labute approximate surface area is 83.1 Å². The molecule has 2 nitrogen and oxygen atoms in total. The van der Waals surface area contributed by atoms with E-state index in [2.05, 4.69) is 5.32 Å². The average Bonchev–Trinajstić information content (AvgIpc) is 2.18. The summed E-state index contributed by atoms with van der Waals surface area (Å²) in [6, 6.07) is 3.90. The highest BCUT2D eigenvalue weighted by Crippen LogP contribution is 2.19. The Morgan fingerprint density at radius 1 is 1.50 bits per heavy atom. The van der Waals surface area contributed by atoms with Crippen LogP contribution in [0.1, 0.15) is 12.0 Å². The molecule has 0 atom stereocenters. The first-order chi connectivity index (χ1) is 6.74. The lowest BCUT2D eigenvalue weighted by Crippen LogP contribution is -2.05. The van der Waals surface area contributed by atoms with Crippen LogP contribution in [-0.2, 0) is 0 Å². The molecule has 0 heterocycles. The minimum Gasteiger partial charge on any atom is -0.507 e. The van der Waals surface area contributed by atoms with Gasteiger partial charge in [0, 0.05) is 5.56 Å². The van der Waals surface area contributed by atoms with Gasteiger partial charge in [0.25, 0.3) is 0 Å². The second-order valence-electron chi connectivity index (χ2n) is 3.00. The van der Waals surface area contributed by atoms with Crippen LogP contribution < -0.4 is 5.32 Å². The van der Waals surface area contributed by atoms with Gasteiger partial charge in [-0.1, -0.05) is 12.2 Å². The third-order valence-corrected chi connectivity index (χ3v) is 1.85. The Bertz CT molecular complexity index is 323. The Balaban J connectivity index is 2.65. The van der Waals surface area contributed by atoms with E-state index in [1.807, 2.05) is 13.1 Å². The zero-order valence-corrected chi connectivity index (χ0v) is 8.13. The van der Waals surface area contributed by atoms with E-state index < -0.39 is 0 Å². The van der Waals surface area contributed by atoms with Gasteiger partial charge in [-0.05, 0) is 38.2 Å². The van der Waals surface area contributed by atoms with Crippen LogP contribution in [0.5, 0.6) is 5.75 Å². The maximum atomic E-state index is 12.8. The number of halogens is 1. The van der Waals surface area contributed by atoms with Gasteiger partial charge in [-0.25, -0.2) is 4.39 Å². The highest BCUT2D eigenvalue weighted by Gasteiger charge is 1.97. The van der Waals surface area contributed by atoms with Gasteiger partial charge < -0.3 is 10.4 Å². The molecule has 0 aliphatic carbocycles. The van der Waals surface area contributed by atoms with Gasteiger partial charge >= 0.3 is 0 Å². The summed E-state index contributed by atoms with van der Waals surface area (Å²) in [6.07, 6.45) is 4.47. The van der Waals surface area contributed by atoms with Crippen molar-refractivity contribution in [2.75, 3.05) is 13.6 Å². The minimum absolute atomic E-state index is 0.104. The van der Waals surface area contributed by atoms with Crippen molar-refractivity contribution in [2.45, 2.75) is 6.42 Å². The van der Waals surface area contributed by atoms with Gasteiger partial charge in [0.2, 0.25) is 0 Å². The van der Waals surface area contributed by atoms with Crippen molar-refractivity contribution in [2.24, 2.45) is 0 Å². The van der Waals surface area contributed by atoms with Crippen LogP contribution in [-0.4, -0.2) is 18.7 Å². The fourth-order valence-corrected chi connectivity index (χ4v) is 1.10. The van der Waals surface area contributed by atoms with Crippen molar-refractivity contribution in [1.82, 2.24) is 5.32 Å². The van der Waals surface area contributed by atoms with Gasteiger partial charge in [-0.3, -0.25) is 0 Å². The highest BCUT2D eigenvalue weighted by atomic mass is 19.1. The maximum absolute atomic E-state index is 12.8. The summed E-state index contributed by atoms with van der Waals surface area (Å²) in [6.45, 7) is 0.868. The van der Waals surface area contributed by atoms with E-state index in [1.165, 1.54) is 18.2 Å². The third kappa shape index (κ3) is 3.18. The van der Waals surface area contributed by atoms with E-state index in [0.717, 1.165) is 13.0 Å². The average molecular weight is 195 g/mol. The lowest BCUT2D eigenvalue weighted by molar-refractivity contribution is 0.471. The monoisotopic (exact) mass is 195 g/mol. The molecule has 14 heavy (non-hydrogen) atoms. The quantitative estimate of drug-likeness (QED) is 0.721. The van der Waals surface area contributed by atoms with E-state index in [9.17, 15) is 9.50 Å². The van der Waals surface area contributed by atoms with Crippen molar-refractivity contribution in [3.63, 3.8) is 0 Å². The molecule has 0 saturated carbocycles. The molecule has 0 amide bonds. The van der Waals surface area contributed by atoms with E-state index in [-0.39, 0.29) is 11.6 Å². The molecule has 0 aliphatic rings. The molecule has 3 heteroatoms. The van der Waals surface area contributed by atoms with Crippen molar-refractivity contribution in [3.8, 4) is 5.75 Å². The van der Waals surface area contributed by atoms with E-state index in [0.29, 0.717) is 5.56 Å². The molecule has 0 radical (unpaired) electrons. The fourth-order valence-electron chi connectivity index (χ4n) is 1.10. The molecule has 0 unspecified atom stereocenters. The Morgan fingerprint density at radius 2 is 2.29 bits per heavy atom. The fraction of sp³-hybridized carbons (Fsp3) is 0.273. The molecule has 1 aromatic rings. The molecule has 2 N–H and O–H groups in total. The number of rotatable bonds is 4. The van der Waals surface area contributed by atoms with Crippen molar-refractivity contribution < 1.29 is 9.50 Å². The van der Waals surface area contributed by atoms with Crippen molar-refractivity contribution >= 4 is 6.08 Å². The Morgan fingerprint density at radius 3 is 3.00 bits per heavy atom. The van der Waals surface area contributed by atoms with Crippen LogP contribution in [0.2, 0.25) is 0 Å². The first-order valence-corrected chi connectivity index (χ1v) is 4.53. The van der Waals surface area contributed by atoms with Crippen molar-refractivity contribution in [1.29, 1.82) is 0 Å². The van der Waals surface area contributed by atoms with Crippen molar-refractivity contribution in [3.05, 3.63) is 35.7 Å². The van der Waals surface area contributed by atoms with Crippen LogP contribution in [0.15, 0.2) is 24.3 Å². The molecule has 76 valence electrons. The molecule has 0 spiro atoms. The van der Waals surface area contributed by atoms with E-state index in [4.69, 9.17) is 0 Å². The summed E-state index contributed by atoms with van der Waals surface area (Å²) >= 11 is 0. The number of aromatic hydroxyl groups is 1. The number of benzene rings is 1. The Kier molecular flexibility index (Phi) is 4.13. The topological polar surface area (TPSA) is 32.3 Å². The standard InChI is InChI=1S/C11H14FNO/c1-13-7-3-2-4-9-8-10(12)5-6-11(9)14/h2,4-6,8,13-14H,3,7H2,1H3. The van der Waals surface area contributed by atoms with Crippen LogP contribution in [0.3, 0.4) is 0 Å². The van der Waals surface area contributed by atoms with Gasteiger partial charge in [-0.2, -0.15) is 0 Å². The first-order valence-electron chi connectivity index (χ1n) is 4.53. The zero-order valence-electron chi connectivity index (χ0n) is 8.13. The molecule has 0 saturated heterocycles. The molecule has 0 aliphatic heterocycles. The highest BCUT2D eigenvalue weighted by molar-refractivity contribution is 5.56. The molecule has 1 rings (SSSR count). The number of phenols is 1. The summed E-state index contributed by atoms with van der Waals surface area (Å²) < 4.78 is 12.8. The zero-order chi connectivity index (χ0) is 10.4. The first kappa shape index (κ1) is 10.7. The molecule has 0 bridgehead atoms. The lowest BCUT2D eigenvalue weighted by atomic mass is 10.1. The molecule has 0 fully saturated rings. The second kappa shape index (κ2) is 5.40. The largest absolute Gasteiger partial charge is 0.507 e. The van der Waals surface area contributed by atoms with Gasteiger partial charge in [-0.15, -0.1) is 0 Å². The summed E-state index contributed by atoms with van der Waals surface area (Å²) in [5, 5.41) is 12.4. The third-order valence-electron chi connectivity index (χ3n) is 1.85. The Hall–Kier alpha value is -1.35. The lowest BCUT2D eigenvalue weighted by Gasteiger charge is -1.98. The second-order valence-corrected chi connectivity index (χ2v) is 3.00. The summed E-state index contributed by atoms with van der Waals surface area (Å²) in [5.41, 5.74) is 0.515. The van der Waals surface area contributed by atoms with Crippen LogP contribution in [0.25, 0.3) is 6.08 Å². The predicted octanol–water partition coefficient (Wildman–Crippen LogP) is 2.15. The molecular weight excluding hydrogens is 181 g/mol. The molecule has 1 aromatic carbocycles.